The number of methoxy groups -OCH3 is 1. The molecule has 0 saturated heterocycles. The van der Waals surface area contributed by atoms with Crippen LogP contribution in [-0.4, -0.2) is 24.4 Å². The monoisotopic (exact) mass is 416 g/mol. The van der Waals surface area contributed by atoms with E-state index in [0.29, 0.717) is 5.92 Å². The lowest BCUT2D eigenvalue weighted by Crippen LogP contribution is -2.26. The van der Waals surface area contributed by atoms with Crippen molar-refractivity contribution in [3.05, 3.63) is 46.6 Å². The minimum absolute atomic E-state index is 0.188. The van der Waals surface area contributed by atoms with E-state index in [0.717, 1.165) is 25.2 Å². The number of ether oxygens (including phenoxy) is 1. The van der Waals surface area contributed by atoms with Crippen molar-refractivity contribution < 1.29 is 9.84 Å². The highest BCUT2D eigenvalue weighted by Gasteiger charge is 2.24. The molecule has 2 nitrogen and oxygen atoms in total. The molecule has 1 aliphatic rings. The zero-order chi connectivity index (χ0) is 22.5. The van der Waals surface area contributed by atoms with E-state index in [1.807, 2.05) is 14.0 Å². The Bertz CT molecular complexity index is 606. The summed E-state index contributed by atoms with van der Waals surface area (Å²) in [6, 6.07) is 0. The second kappa shape index (κ2) is 14.8. The van der Waals surface area contributed by atoms with Crippen molar-refractivity contribution in [2.45, 2.75) is 112 Å². The summed E-state index contributed by atoms with van der Waals surface area (Å²) in [5, 5.41) is 9.33. The molecule has 0 heterocycles. The molecule has 172 valence electrons. The number of rotatable bonds is 14. The molecular weight excluding hydrogens is 368 g/mol. The maximum absolute atomic E-state index is 9.33. The van der Waals surface area contributed by atoms with Gasteiger partial charge in [0.15, 0.2) is 0 Å². The molecule has 1 rings (SSSR count). The van der Waals surface area contributed by atoms with Gasteiger partial charge in [0.1, 0.15) is 0 Å². The van der Waals surface area contributed by atoms with Gasteiger partial charge in [0.2, 0.25) is 0 Å². The summed E-state index contributed by atoms with van der Waals surface area (Å²) in [6.45, 7) is 13.2. The molecule has 0 aromatic rings. The summed E-state index contributed by atoms with van der Waals surface area (Å²) in [6.07, 6.45) is 19.7. The summed E-state index contributed by atoms with van der Waals surface area (Å²) < 4.78 is 5.78. The van der Waals surface area contributed by atoms with Crippen LogP contribution in [0.25, 0.3) is 0 Å². The molecular formula is C28H48O2. The average molecular weight is 417 g/mol. The van der Waals surface area contributed by atoms with E-state index in [2.05, 4.69) is 58.9 Å². The van der Waals surface area contributed by atoms with Gasteiger partial charge in [-0.2, -0.15) is 0 Å². The number of allylic oxidation sites excluding steroid dienone is 6. The molecule has 0 radical (unpaired) electrons. The van der Waals surface area contributed by atoms with Crippen molar-refractivity contribution in [1.29, 1.82) is 0 Å². The van der Waals surface area contributed by atoms with Crippen LogP contribution in [0, 0.1) is 11.8 Å². The standard InChI is InChI=1S/C28H48O2/c1-21(11-8-12-22(2)15-10-16-25(5)29)13-9-14-23(3)17-19-27-20-18-24(4)26(6)28(27)30-7/h13,15,18,20,23,25-26,28-29H,8-12,14,16-17,19H2,1-7H3/b21-13+,22-15+. The van der Waals surface area contributed by atoms with Crippen LogP contribution in [0.1, 0.15) is 99.3 Å². The average Bonchev–Trinajstić information content (AvgIpc) is 2.68. The van der Waals surface area contributed by atoms with Crippen molar-refractivity contribution in [3.8, 4) is 0 Å². The van der Waals surface area contributed by atoms with Crippen molar-refractivity contribution in [2.75, 3.05) is 7.11 Å². The van der Waals surface area contributed by atoms with Gasteiger partial charge in [0.05, 0.1) is 12.2 Å². The fourth-order valence-corrected chi connectivity index (χ4v) is 4.22. The highest BCUT2D eigenvalue weighted by atomic mass is 16.5. The molecule has 1 aliphatic carbocycles. The summed E-state index contributed by atoms with van der Waals surface area (Å²) in [5.41, 5.74) is 5.88. The lowest BCUT2D eigenvalue weighted by molar-refractivity contribution is 0.0943. The minimum atomic E-state index is -0.188. The first-order valence-electron chi connectivity index (χ1n) is 12.1. The van der Waals surface area contributed by atoms with Crippen molar-refractivity contribution >= 4 is 0 Å². The molecule has 0 aromatic carbocycles. The molecule has 2 heteroatoms. The zero-order valence-corrected chi connectivity index (χ0v) is 20.8. The van der Waals surface area contributed by atoms with E-state index < -0.39 is 0 Å². The number of hydrogen-bond acceptors (Lipinski definition) is 2. The van der Waals surface area contributed by atoms with Gasteiger partial charge in [0.25, 0.3) is 0 Å². The van der Waals surface area contributed by atoms with Gasteiger partial charge in [-0.1, -0.05) is 54.9 Å². The van der Waals surface area contributed by atoms with Gasteiger partial charge in [0, 0.05) is 13.0 Å². The van der Waals surface area contributed by atoms with Crippen molar-refractivity contribution in [1.82, 2.24) is 0 Å². The highest BCUT2D eigenvalue weighted by Crippen LogP contribution is 2.31. The molecule has 4 unspecified atom stereocenters. The van der Waals surface area contributed by atoms with Crippen LogP contribution in [0.3, 0.4) is 0 Å². The Hall–Kier alpha value is -1.12. The number of hydrogen-bond donors (Lipinski definition) is 1. The highest BCUT2D eigenvalue weighted by molar-refractivity contribution is 5.29. The maximum atomic E-state index is 9.33. The third-order valence-electron chi connectivity index (χ3n) is 6.65. The van der Waals surface area contributed by atoms with Gasteiger partial charge in [-0.15, -0.1) is 0 Å². The molecule has 0 aromatic heterocycles. The molecule has 0 bridgehead atoms. The summed E-state index contributed by atoms with van der Waals surface area (Å²) in [4.78, 5) is 0. The smallest absolute Gasteiger partial charge is 0.0846 e. The van der Waals surface area contributed by atoms with Gasteiger partial charge in [-0.3, -0.25) is 0 Å². The van der Waals surface area contributed by atoms with E-state index in [1.54, 1.807) is 0 Å². The lowest BCUT2D eigenvalue weighted by Gasteiger charge is -2.29. The summed E-state index contributed by atoms with van der Waals surface area (Å²) >= 11 is 0. The molecule has 0 saturated carbocycles. The second-order valence-electron chi connectivity index (χ2n) is 9.70. The van der Waals surface area contributed by atoms with E-state index in [1.165, 1.54) is 60.8 Å². The molecule has 0 spiro atoms. The fraction of sp³-hybridized carbons (Fsp3) is 0.714. The Labute approximate surface area is 187 Å². The Balaban J connectivity index is 2.26. The third kappa shape index (κ3) is 10.8. The first-order valence-corrected chi connectivity index (χ1v) is 12.1. The van der Waals surface area contributed by atoms with Crippen LogP contribution >= 0.6 is 0 Å². The van der Waals surface area contributed by atoms with E-state index in [4.69, 9.17) is 4.74 Å². The van der Waals surface area contributed by atoms with Crippen LogP contribution in [0.5, 0.6) is 0 Å². The molecule has 4 atom stereocenters. The minimum Gasteiger partial charge on any atom is -0.393 e. The summed E-state index contributed by atoms with van der Waals surface area (Å²) in [7, 11) is 1.84. The Morgan fingerprint density at radius 3 is 2.20 bits per heavy atom. The Morgan fingerprint density at radius 2 is 1.63 bits per heavy atom. The fourth-order valence-electron chi connectivity index (χ4n) is 4.22. The predicted molar refractivity (Wildman–Crippen MR) is 132 cm³/mol. The zero-order valence-electron chi connectivity index (χ0n) is 20.8. The lowest BCUT2D eigenvalue weighted by atomic mass is 9.83. The van der Waals surface area contributed by atoms with E-state index >= 15 is 0 Å². The van der Waals surface area contributed by atoms with Crippen molar-refractivity contribution in [2.24, 2.45) is 11.8 Å². The topological polar surface area (TPSA) is 29.5 Å². The third-order valence-corrected chi connectivity index (χ3v) is 6.65. The molecule has 1 N–H and O–H groups in total. The van der Waals surface area contributed by atoms with E-state index in [-0.39, 0.29) is 12.2 Å². The number of aliphatic hydroxyl groups is 1. The largest absolute Gasteiger partial charge is 0.393 e. The van der Waals surface area contributed by atoms with E-state index in [9.17, 15) is 5.11 Å². The molecule has 0 amide bonds. The Morgan fingerprint density at radius 1 is 1.03 bits per heavy atom. The van der Waals surface area contributed by atoms with Gasteiger partial charge < -0.3 is 9.84 Å². The Kier molecular flexibility index (Phi) is 13.3. The maximum Gasteiger partial charge on any atom is 0.0846 e. The van der Waals surface area contributed by atoms with Crippen LogP contribution in [-0.2, 0) is 4.74 Å². The van der Waals surface area contributed by atoms with Gasteiger partial charge in [-0.05, 0) is 97.0 Å². The van der Waals surface area contributed by atoms with Crippen molar-refractivity contribution in [3.63, 3.8) is 0 Å². The van der Waals surface area contributed by atoms with Crippen LogP contribution < -0.4 is 0 Å². The van der Waals surface area contributed by atoms with Gasteiger partial charge >= 0.3 is 0 Å². The number of aliphatic hydroxyl groups excluding tert-OH is 1. The van der Waals surface area contributed by atoms with Crippen LogP contribution in [0.15, 0.2) is 46.6 Å². The quantitative estimate of drug-likeness (QED) is 0.291. The predicted octanol–water partition coefficient (Wildman–Crippen LogP) is 7.94. The normalized spacial score (nSPS) is 22.5. The first kappa shape index (κ1) is 26.9. The molecule has 30 heavy (non-hydrogen) atoms. The second-order valence-corrected chi connectivity index (χ2v) is 9.70. The first-order chi connectivity index (χ1) is 14.2. The van der Waals surface area contributed by atoms with Crippen LogP contribution in [0.2, 0.25) is 0 Å². The van der Waals surface area contributed by atoms with Crippen LogP contribution in [0.4, 0.5) is 0 Å². The SMILES string of the molecule is COC1C(CCC(C)CC/C=C(\C)CCC/C(C)=C/CCC(C)O)=CC=C(C)C1C. The molecule has 0 fully saturated rings. The van der Waals surface area contributed by atoms with Gasteiger partial charge in [-0.25, -0.2) is 0 Å². The summed E-state index contributed by atoms with van der Waals surface area (Å²) in [5.74, 6) is 1.24. The molecule has 0 aliphatic heterocycles.